The molecule has 5 rings (SSSR count). The Labute approximate surface area is 608 Å². The summed E-state index contributed by atoms with van der Waals surface area (Å²) in [7, 11) is -18.1. The number of thiol groups is 1. The zero-order valence-corrected chi connectivity index (χ0v) is 61.3. The van der Waals surface area contributed by atoms with Crippen molar-refractivity contribution < 1.29 is 202 Å². The van der Waals surface area contributed by atoms with Gasteiger partial charge in [0.25, 0.3) is 21.2 Å². The third-order valence-electron chi connectivity index (χ3n) is 14.1. The van der Waals surface area contributed by atoms with Gasteiger partial charge in [0.05, 0.1) is 154 Å². The van der Waals surface area contributed by atoms with Gasteiger partial charge in [-0.1, -0.05) is 12.8 Å². The average molecular weight is 1650 g/mol. The first-order valence-corrected chi connectivity index (χ1v) is 37.6. The first-order chi connectivity index (χ1) is 49.8. The zero-order chi connectivity index (χ0) is 80.0. The highest BCUT2D eigenvalue weighted by Gasteiger charge is 2.50. The lowest BCUT2D eigenvalue weighted by Crippen LogP contribution is -2.64. The van der Waals surface area contributed by atoms with E-state index in [0.29, 0.717) is 77.1 Å². The van der Waals surface area contributed by atoms with Crippen molar-refractivity contribution in [2.24, 2.45) is 5.73 Å². The fraction of sp³-hybridized carbons (Fsp3) is 0.863. The van der Waals surface area contributed by atoms with Crippen molar-refractivity contribution in [2.75, 3.05) is 147 Å². The minimum atomic E-state index is -6.03. The van der Waals surface area contributed by atoms with Gasteiger partial charge in [0.15, 0.2) is 25.1 Å². The molecule has 0 bridgehead atoms. The topological polar surface area (TPSA) is 763 Å². The number of aromatic nitrogens is 2. The van der Waals surface area contributed by atoms with Gasteiger partial charge in [-0.25, -0.2) is 9.11 Å². The summed E-state index contributed by atoms with van der Waals surface area (Å²) in [5.74, 6) is -1.66. The number of carbonyl (C=O) groups is 3. The molecule has 1 aromatic heterocycles. The largest absolute Gasteiger partial charge is 0.790 e. The van der Waals surface area contributed by atoms with Crippen molar-refractivity contribution in [3.05, 3.63) is 33.1 Å². The lowest BCUT2D eigenvalue weighted by atomic mass is 9.97. The van der Waals surface area contributed by atoms with E-state index in [1.54, 1.807) is 7.11 Å². The van der Waals surface area contributed by atoms with E-state index in [9.17, 15) is 118 Å². The van der Waals surface area contributed by atoms with Crippen LogP contribution in [0.25, 0.3) is 0 Å². The van der Waals surface area contributed by atoms with E-state index < -0.39 is 197 Å². The van der Waals surface area contributed by atoms with Crippen molar-refractivity contribution in [3.8, 4) is 0 Å². The van der Waals surface area contributed by atoms with Crippen molar-refractivity contribution in [1.29, 1.82) is 0 Å². The summed E-state index contributed by atoms with van der Waals surface area (Å²) >= 11 is 3.60. The Hall–Kier alpha value is -3.08. The Bertz CT molecular complexity index is 2970. The SMILES string of the molecule is COCCOCCOCCC(=O)NS.COCCOCCOCCC(=O)N[C@H]1C(O)[C@@H](O)C(CO)O[C@@H]1OP(=O)([O-])OP(=O)([O-])OCC1OC(n2ccc(=O)[nH]c2=O)C(O)C1O.COCCOCCOCCC(=O)N[C@H]1C(O)[C@@H](O)C(CO)O[C@@H]1OP(=O)([O-])[O-].N[C@H]1C(O)[C@@H](O)C(CO)O[C@@H]1OP(=O)([O-])[O-]. The molecule has 622 valence electrons. The molecule has 50 nitrogen and oxygen atoms in total. The fourth-order valence-corrected chi connectivity index (χ4v) is 11.8. The monoisotopic (exact) mass is 1650 g/mol. The molecule has 0 radical (unpaired) electrons. The predicted molar refractivity (Wildman–Crippen MR) is 335 cm³/mol. The van der Waals surface area contributed by atoms with Gasteiger partial charge in [-0.05, 0) is 0 Å². The molecule has 4 aliphatic rings. The summed E-state index contributed by atoms with van der Waals surface area (Å²) in [5, 5.41) is 112. The quantitative estimate of drug-likeness (QED) is 0.0164. The molecule has 12 unspecified atom stereocenters. The summed E-state index contributed by atoms with van der Waals surface area (Å²) in [5.41, 5.74) is 3.49. The molecule has 4 saturated heterocycles. The van der Waals surface area contributed by atoms with Crippen LogP contribution in [0.5, 0.6) is 0 Å². The molecule has 0 spiro atoms. The average Bonchev–Trinajstić information content (AvgIpc) is 1.47. The number of phosphoric acid groups is 4. The molecule has 3 amide bonds. The van der Waals surface area contributed by atoms with Crippen molar-refractivity contribution in [1.82, 2.24) is 24.9 Å². The smallest absolute Gasteiger partial charge is 0.330 e. The summed E-state index contributed by atoms with van der Waals surface area (Å²) < 4.78 is 136. The lowest BCUT2D eigenvalue weighted by molar-refractivity contribution is -0.363. The van der Waals surface area contributed by atoms with Crippen LogP contribution in [0.1, 0.15) is 25.5 Å². The molecule has 21 atom stereocenters. The van der Waals surface area contributed by atoms with Crippen LogP contribution >= 0.6 is 44.1 Å². The molecule has 4 fully saturated rings. The summed E-state index contributed by atoms with van der Waals surface area (Å²) in [6.45, 7) is 1.22. The maximum atomic E-state index is 12.6. The molecule has 0 aliphatic carbocycles. The molecule has 17 N–H and O–H groups in total. The molecule has 55 heteroatoms. The number of amides is 3. The van der Waals surface area contributed by atoms with Gasteiger partial charge in [-0.3, -0.25) is 42.4 Å². The first kappa shape index (κ1) is 99.0. The second-order valence-electron chi connectivity index (χ2n) is 21.9. The number of nitrogens with zero attached hydrogens (tertiary/aromatic N) is 1. The Balaban J connectivity index is 0.000000549. The fourth-order valence-electron chi connectivity index (χ4n) is 8.74. The standard InChI is InChI=1S/C23H39N3O20P2.C14H28NO12P.C8H17NO4S.C6H14NO8P/c1-39-6-7-41-9-8-40-5-3-15(29)24-16-19(32)17(30)12(10-27)44-22(16)45-48(37,38)46-47(35,36)42-11-13-18(31)20(33)21(43-13)26-4-2-14(28)25-23(26)34;1-23-4-5-25-7-6-24-3-2-10(17)15-11-13(19)12(18)9(8-16)26-14(11)27-28(20,21)22;1-11-4-5-13-7-6-12-3-2-8(10)9-14;7-3-5(10)4(9)2(1-8)14-6(3)15-16(11,12)13/h2,4,12-13,16-22,27,30-33H,3,5-11H2,1H3,(H,24,29)(H,35,36)(H,37,38)(H,25,28,34);9,11-14,16,18-19H,2-8H2,1H3,(H,15,17)(H2,20,21,22);14H,2-7H2,1H3,(H,9,10);2-6,8-10H,1,7H2,(H2,11,12,13)/p-6/t12?,13?,16-,17-,18?,19?,20?,21?,22+;9?,11-,12-,13?,14+;;2?,3-,4-,5?,6+/m00.0/s1. The maximum absolute atomic E-state index is 12.6. The van der Waals surface area contributed by atoms with E-state index in [-0.39, 0.29) is 51.8 Å². The van der Waals surface area contributed by atoms with Crippen LogP contribution in [0.15, 0.2) is 21.9 Å². The van der Waals surface area contributed by atoms with Gasteiger partial charge in [0, 0.05) is 46.4 Å². The number of nitrogens with one attached hydrogen (secondary N) is 4. The van der Waals surface area contributed by atoms with Gasteiger partial charge in [0.1, 0.15) is 85.3 Å². The molecule has 0 saturated carbocycles. The highest BCUT2D eigenvalue weighted by molar-refractivity contribution is 7.78. The first-order valence-electron chi connectivity index (χ1n) is 31.3. The van der Waals surface area contributed by atoms with E-state index in [1.165, 1.54) is 14.2 Å². The predicted octanol–water partition coefficient (Wildman–Crippen LogP) is -14.4. The van der Waals surface area contributed by atoms with Crippen molar-refractivity contribution in [3.63, 3.8) is 0 Å². The van der Waals surface area contributed by atoms with Crippen LogP contribution in [0.2, 0.25) is 0 Å². The maximum Gasteiger partial charge on any atom is 0.330 e. The molecule has 106 heavy (non-hydrogen) atoms. The lowest BCUT2D eigenvalue weighted by Gasteiger charge is -2.45. The number of aliphatic hydroxyl groups is 11. The number of aliphatic hydroxyl groups excluding tert-OH is 11. The minimum Gasteiger partial charge on any atom is -0.790 e. The van der Waals surface area contributed by atoms with E-state index in [0.717, 1.165) is 12.3 Å². The number of methoxy groups -OCH3 is 3. The Morgan fingerprint density at radius 3 is 1.25 bits per heavy atom. The van der Waals surface area contributed by atoms with Crippen LogP contribution < -0.4 is 61.7 Å². The normalized spacial score (nSPS) is 29.3. The van der Waals surface area contributed by atoms with Gasteiger partial charge < -0.3 is 191 Å². The number of aromatic amines is 1. The van der Waals surface area contributed by atoms with Gasteiger partial charge in [-0.2, -0.15) is 0 Å². The second kappa shape index (κ2) is 51.5. The number of H-pyrrole nitrogens is 1. The summed E-state index contributed by atoms with van der Waals surface area (Å²) in [6, 6.07) is -3.90. The second-order valence-corrected chi connectivity index (χ2v) is 27.2. The molecular formula is C51H92N6O44P4S-6. The van der Waals surface area contributed by atoms with Crippen LogP contribution in [-0.4, -0.2) is 341 Å². The molecule has 5 heterocycles. The van der Waals surface area contributed by atoms with E-state index in [1.807, 2.05) is 4.98 Å². The van der Waals surface area contributed by atoms with E-state index in [2.05, 4.69) is 50.6 Å². The van der Waals surface area contributed by atoms with Crippen molar-refractivity contribution in [2.45, 2.75) is 136 Å². The summed E-state index contributed by atoms with van der Waals surface area (Å²) in [4.78, 5) is 128. The minimum absolute atomic E-state index is 0.00189. The number of hydrogen-bond acceptors (Lipinski definition) is 46. The highest BCUT2D eigenvalue weighted by atomic mass is 32.1. The number of nitrogens with two attached hydrogens (primary N) is 1. The molecular weight excluding hydrogens is 1560 g/mol. The van der Waals surface area contributed by atoms with E-state index >= 15 is 0 Å². The van der Waals surface area contributed by atoms with E-state index in [4.69, 9.17) is 77.5 Å². The summed E-state index contributed by atoms with van der Waals surface area (Å²) in [6.07, 6.45) is -26.7. The van der Waals surface area contributed by atoms with Crippen molar-refractivity contribution >= 4 is 61.8 Å². The van der Waals surface area contributed by atoms with Crippen LogP contribution in [0, 0.1) is 0 Å². The third kappa shape index (κ3) is 38.0. The van der Waals surface area contributed by atoms with Gasteiger partial charge >= 0.3 is 5.69 Å². The highest BCUT2D eigenvalue weighted by Crippen LogP contribution is 2.57. The van der Waals surface area contributed by atoms with Crippen LogP contribution in [0.3, 0.4) is 0 Å². The number of hydrogen-bond donors (Lipinski definition) is 17. The Morgan fingerprint density at radius 1 is 0.500 bits per heavy atom. The number of rotatable bonds is 44. The molecule has 0 aromatic carbocycles. The van der Waals surface area contributed by atoms with Crippen LogP contribution in [0.4, 0.5) is 0 Å². The number of ether oxygens (including phenoxy) is 13. The Morgan fingerprint density at radius 2 is 0.858 bits per heavy atom. The number of carbonyl (C=O) groups excluding carboxylic acids is 3. The zero-order valence-electron chi connectivity index (χ0n) is 56.8. The number of phosphoric ester groups is 4. The third-order valence-corrected chi connectivity index (χ3v) is 17.8. The van der Waals surface area contributed by atoms with Crippen LogP contribution in [-0.2, 0) is 117 Å². The Kier molecular flexibility index (Phi) is 48.1. The van der Waals surface area contributed by atoms with Gasteiger partial charge in [-0.15, -0.1) is 0 Å². The molecule has 1 aromatic rings. The molecule has 4 aliphatic heterocycles. The van der Waals surface area contributed by atoms with Gasteiger partial charge in [0.2, 0.25) is 17.7 Å².